The van der Waals surface area contributed by atoms with Crippen molar-refractivity contribution in [1.29, 1.82) is 5.26 Å². The number of nitriles is 1. The topological polar surface area (TPSA) is 82.4 Å². The van der Waals surface area contributed by atoms with Gasteiger partial charge in [0.05, 0.1) is 6.07 Å². The zero-order valence-corrected chi connectivity index (χ0v) is 11.7. The van der Waals surface area contributed by atoms with Gasteiger partial charge in [0.25, 0.3) is 0 Å². The first-order valence-corrected chi connectivity index (χ1v) is 7.23. The molecule has 2 aliphatic rings. The van der Waals surface area contributed by atoms with Crippen molar-refractivity contribution in [1.82, 2.24) is 10.2 Å². The summed E-state index contributed by atoms with van der Waals surface area (Å²) in [5.41, 5.74) is -0.977. The summed E-state index contributed by atoms with van der Waals surface area (Å²) in [6.07, 6.45) is 3.29. The van der Waals surface area contributed by atoms with Crippen LogP contribution in [0.2, 0.25) is 0 Å². The average molecular weight is 279 g/mol. The lowest BCUT2D eigenvalue weighted by atomic mass is 9.81. The molecular weight excluding hydrogens is 258 g/mol. The summed E-state index contributed by atoms with van der Waals surface area (Å²) in [4.78, 5) is 25.8. The Balaban J connectivity index is 1.76. The number of carbonyl (C=O) groups excluding carboxylic acids is 2. The van der Waals surface area contributed by atoms with Gasteiger partial charge in [0.1, 0.15) is 5.41 Å². The van der Waals surface area contributed by atoms with Crippen LogP contribution < -0.4 is 5.32 Å². The molecule has 0 aromatic carbocycles. The molecule has 2 saturated heterocycles. The van der Waals surface area contributed by atoms with Gasteiger partial charge in [-0.2, -0.15) is 5.26 Å². The molecule has 0 saturated carbocycles. The maximum Gasteiger partial charge on any atom is 0.240 e. The van der Waals surface area contributed by atoms with E-state index in [-0.39, 0.29) is 11.8 Å². The van der Waals surface area contributed by atoms with Gasteiger partial charge in [-0.1, -0.05) is 0 Å². The van der Waals surface area contributed by atoms with Crippen molar-refractivity contribution in [2.24, 2.45) is 5.41 Å². The lowest BCUT2D eigenvalue weighted by molar-refractivity contribution is -0.133. The molecule has 1 N–H and O–H groups in total. The number of amides is 2. The number of hydrogen-bond acceptors (Lipinski definition) is 4. The van der Waals surface area contributed by atoms with Crippen LogP contribution in [0.1, 0.15) is 32.1 Å². The van der Waals surface area contributed by atoms with E-state index in [1.54, 1.807) is 0 Å². The fraction of sp³-hybridized carbons (Fsp3) is 0.786. The minimum absolute atomic E-state index is 0.0841. The van der Waals surface area contributed by atoms with Gasteiger partial charge in [-0.3, -0.25) is 9.59 Å². The predicted octanol–water partition coefficient (Wildman–Crippen LogP) is 0.435. The van der Waals surface area contributed by atoms with Crippen molar-refractivity contribution < 1.29 is 14.3 Å². The SMILES string of the molecule is N#CC1(C(=O)NCCC(=O)N2CCCC2)CCOCC1. The normalized spacial score (nSPS) is 21.2. The summed E-state index contributed by atoms with van der Waals surface area (Å²) in [7, 11) is 0. The van der Waals surface area contributed by atoms with Gasteiger partial charge in [-0.15, -0.1) is 0 Å². The highest BCUT2D eigenvalue weighted by atomic mass is 16.5. The molecule has 0 aliphatic carbocycles. The molecule has 0 radical (unpaired) electrons. The molecule has 0 aromatic rings. The van der Waals surface area contributed by atoms with Gasteiger partial charge in [0, 0.05) is 39.3 Å². The third kappa shape index (κ3) is 3.28. The van der Waals surface area contributed by atoms with Crippen LogP contribution in [-0.4, -0.2) is 49.6 Å². The zero-order chi connectivity index (χ0) is 14.4. The molecule has 110 valence electrons. The summed E-state index contributed by atoms with van der Waals surface area (Å²) < 4.78 is 5.20. The van der Waals surface area contributed by atoms with Gasteiger partial charge in [0.15, 0.2) is 0 Å². The smallest absolute Gasteiger partial charge is 0.240 e. The van der Waals surface area contributed by atoms with Crippen molar-refractivity contribution in [3.8, 4) is 6.07 Å². The lowest BCUT2D eigenvalue weighted by Crippen LogP contribution is -2.44. The van der Waals surface area contributed by atoms with Crippen molar-refractivity contribution in [2.45, 2.75) is 32.1 Å². The number of likely N-dealkylation sites (tertiary alicyclic amines) is 1. The fourth-order valence-corrected chi connectivity index (χ4v) is 2.69. The van der Waals surface area contributed by atoms with E-state index in [1.807, 2.05) is 4.90 Å². The Morgan fingerprint density at radius 2 is 1.90 bits per heavy atom. The van der Waals surface area contributed by atoms with E-state index in [0.717, 1.165) is 25.9 Å². The lowest BCUT2D eigenvalue weighted by Gasteiger charge is -2.29. The van der Waals surface area contributed by atoms with Gasteiger partial charge >= 0.3 is 0 Å². The molecule has 0 unspecified atom stereocenters. The third-order valence-corrected chi connectivity index (χ3v) is 4.08. The van der Waals surface area contributed by atoms with Gasteiger partial charge in [0.2, 0.25) is 11.8 Å². The molecule has 0 aromatic heterocycles. The molecule has 6 heteroatoms. The maximum atomic E-state index is 12.1. The summed E-state index contributed by atoms with van der Waals surface area (Å²) in [6, 6.07) is 2.12. The largest absolute Gasteiger partial charge is 0.381 e. The quantitative estimate of drug-likeness (QED) is 0.809. The highest BCUT2D eigenvalue weighted by molar-refractivity contribution is 5.86. The van der Waals surface area contributed by atoms with E-state index in [1.165, 1.54) is 0 Å². The summed E-state index contributed by atoms with van der Waals surface area (Å²) in [5.74, 6) is -0.182. The van der Waals surface area contributed by atoms with Crippen LogP contribution in [0.15, 0.2) is 0 Å². The fourth-order valence-electron chi connectivity index (χ4n) is 2.69. The van der Waals surface area contributed by atoms with Crippen LogP contribution in [0.3, 0.4) is 0 Å². The zero-order valence-electron chi connectivity index (χ0n) is 11.7. The molecule has 6 nitrogen and oxygen atoms in total. The molecule has 2 amide bonds. The molecule has 2 fully saturated rings. The molecule has 2 aliphatic heterocycles. The van der Waals surface area contributed by atoms with Crippen LogP contribution in [0.4, 0.5) is 0 Å². The van der Waals surface area contributed by atoms with E-state index in [4.69, 9.17) is 4.74 Å². The number of hydrogen-bond donors (Lipinski definition) is 1. The van der Waals surface area contributed by atoms with E-state index < -0.39 is 5.41 Å². The molecule has 20 heavy (non-hydrogen) atoms. The van der Waals surface area contributed by atoms with Gasteiger partial charge in [-0.05, 0) is 25.7 Å². The minimum Gasteiger partial charge on any atom is -0.381 e. The summed E-state index contributed by atoms with van der Waals surface area (Å²) >= 11 is 0. The molecular formula is C14H21N3O3. The number of nitrogens with one attached hydrogen (secondary N) is 1. The van der Waals surface area contributed by atoms with Gasteiger partial charge in [-0.25, -0.2) is 0 Å². The van der Waals surface area contributed by atoms with E-state index in [9.17, 15) is 14.9 Å². The molecule has 0 bridgehead atoms. The maximum absolute atomic E-state index is 12.1. The average Bonchev–Trinajstić information content (AvgIpc) is 3.02. The third-order valence-electron chi connectivity index (χ3n) is 4.08. The Hall–Kier alpha value is -1.61. The Kier molecular flexibility index (Phi) is 4.96. The van der Waals surface area contributed by atoms with Crippen LogP contribution in [0.25, 0.3) is 0 Å². The molecule has 2 rings (SSSR count). The highest BCUT2D eigenvalue weighted by Crippen LogP contribution is 2.29. The second kappa shape index (κ2) is 6.71. The van der Waals surface area contributed by atoms with Gasteiger partial charge < -0.3 is 15.0 Å². The van der Waals surface area contributed by atoms with Crippen LogP contribution in [0, 0.1) is 16.7 Å². The van der Waals surface area contributed by atoms with Crippen molar-refractivity contribution in [3.05, 3.63) is 0 Å². The van der Waals surface area contributed by atoms with Crippen LogP contribution in [-0.2, 0) is 14.3 Å². The Morgan fingerprint density at radius 3 is 2.50 bits per heavy atom. The first-order chi connectivity index (χ1) is 9.68. The second-order valence-corrected chi connectivity index (χ2v) is 5.40. The van der Waals surface area contributed by atoms with Crippen molar-refractivity contribution in [2.75, 3.05) is 32.8 Å². The van der Waals surface area contributed by atoms with Crippen molar-refractivity contribution >= 4 is 11.8 Å². The van der Waals surface area contributed by atoms with E-state index in [2.05, 4.69) is 11.4 Å². The van der Waals surface area contributed by atoms with Crippen LogP contribution in [0.5, 0.6) is 0 Å². The number of nitrogens with zero attached hydrogens (tertiary/aromatic N) is 2. The highest BCUT2D eigenvalue weighted by Gasteiger charge is 2.40. The summed E-state index contributed by atoms with van der Waals surface area (Å²) in [6.45, 7) is 2.83. The van der Waals surface area contributed by atoms with E-state index >= 15 is 0 Å². The van der Waals surface area contributed by atoms with E-state index in [0.29, 0.717) is 39.0 Å². The monoisotopic (exact) mass is 279 g/mol. The minimum atomic E-state index is -0.977. The molecule has 2 heterocycles. The Labute approximate surface area is 119 Å². The standard InChI is InChI=1S/C14H21N3O3/c15-11-14(4-9-20-10-5-14)13(19)16-6-3-12(18)17-7-1-2-8-17/h1-10H2,(H,16,19). The predicted molar refractivity (Wildman–Crippen MR) is 71.5 cm³/mol. The molecule has 0 atom stereocenters. The molecule has 0 spiro atoms. The first kappa shape index (κ1) is 14.8. The first-order valence-electron chi connectivity index (χ1n) is 7.23. The summed E-state index contributed by atoms with van der Waals surface area (Å²) in [5, 5.41) is 12.0. The number of ether oxygens (including phenoxy) is 1. The van der Waals surface area contributed by atoms with Crippen LogP contribution >= 0.6 is 0 Å². The van der Waals surface area contributed by atoms with Crippen molar-refractivity contribution in [3.63, 3.8) is 0 Å². The number of rotatable bonds is 4. The Morgan fingerprint density at radius 1 is 1.25 bits per heavy atom. The number of carbonyl (C=O) groups is 2. The second-order valence-electron chi connectivity index (χ2n) is 5.40. The Bertz CT molecular complexity index is 404.